The molecule has 0 radical (unpaired) electrons. The Labute approximate surface area is 130 Å². The predicted octanol–water partition coefficient (Wildman–Crippen LogP) is 1.31. The summed E-state index contributed by atoms with van der Waals surface area (Å²) >= 11 is 4.86. The number of sulfonamides is 1. The van der Waals surface area contributed by atoms with Crippen LogP contribution in [0.2, 0.25) is 0 Å². The Bertz CT molecular complexity index is 579. The lowest BCUT2D eigenvalue weighted by molar-refractivity contribution is 0.105. The van der Waals surface area contributed by atoms with Crippen LogP contribution >= 0.6 is 12.2 Å². The van der Waals surface area contributed by atoms with E-state index in [0.29, 0.717) is 17.1 Å². The Morgan fingerprint density at radius 2 is 2.10 bits per heavy atom. The summed E-state index contributed by atoms with van der Waals surface area (Å²) in [5, 5.41) is 0. The van der Waals surface area contributed by atoms with Gasteiger partial charge in [-0.3, -0.25) is 0 Å². The maximum Gasteiger partial charge on any atom is 0.215 e. The fourth-order valence-corrected chi connectivity index (χ4v) is 3.58. The van der Waals surface area contributed by atoms with Crippen LogP contribution in [0.1, 0.15) is 30.4 Å². The first-order chi connectivity index (χ1) is 9.96. The minimum atomic E-state index is -3.33. The monoisotopic (exact) mass is 328 g/mol. The molecule has 1 aliphatic rings. The van der Waals surface area contributed by atoms with Gasteiger partial charge in [0.05, 0.1) is 11.9 Å². The van der Waals surface area contributed by atoms with Crippen molar-refractivity contribution in [3.05, 3.63) is 35.4 Å². The minimum Gasteiger partial charge on any atom is -0.389 e. The van der Waals surface area contributed by atoms with Crippen LogP contribution < -0.4 is 10.5 Å². The summed E-state index contributed by atoms with van der Waals surface area (Å²) in [7, 11) is -3.33. The zero-order valence-corrected chi connectivity index (χ0v) is 13.4. The Kier molecular flexibility index (Phi) is 5.69. The second-order valence-corrected chi connectivity index (χ2v) is 7.38. The highest BCUT2D eigenvalue weighted by molar-refractivity contribution is 7.88. The van der Waals surface area contributed by atoms with E-state index in [1.165, 1.54) is 0 Å². The molecular formula is C14H20N2O3S2. The molecule has 0 aromatic heterocycles. The number of nitrogens with one attached hydrogen (secondary N) is 1. The third kappa shape index (κ3) is 5.35. The van der Waals surface area contributed by atoms with Crippen LogP contribution in [0.5, 0.6) is 0 Å². The fourth-order valence-electron chi connectivity index (χ4n) is 2.28. The number of hydrogen-bond donors (Lipinski definition) is 2. The molecule has 0 amide bonds. The average molecular weight is 328 g/mol. The van der Waals surface area contributed by atoms with Crippen molar-refractivity contribution in [3.63, 3.8) is 0 Å². The van der Waals surface area contributed by atoms with E-state index in [9.17, 15) is 8.42 Å². The van der Waals surface area contributed by atoms with Gasteiger partial charge in [0, 0.05) is 18.7 Å². The summed E-state index contributed by atoms with van der Waals surface area (Å²) in [6, 6.07) is 6.93. The summed E-state index contributed by atoms with van der Waals surface area (Å²) in [6.07, 6.45) is 2.99. The Morgan fingerprint density at radius 1 is 1.38 bits per heavy atom. The van der Waals surface area contributed by atoms with E-state index in [2.05, 4.69) is 4.72 Å². The highest BCUT2D eigenvalue weighted by Gasteiger charge is 2.17. The van der Waals surface area contributed by atoms with Crippen molar-refractivity contribution in [3.8, 4) is 0 Å². The number of hydrogen-bond acceptors (Lipinski definition) is 4. The minimum absolute atomic E-state index is 0.0455. The molecule has 2 rings (SSSR count). The number of rotatable bonds is 7. The van der Waals surface area contributed by atoms with Crippen LogP contribution in [0.4, 0.5) is 0 Å². The molecule has 21 heavy (non-hydrogen) atoms. The number of ether oxygens (including phenoxy) is 1. The van der Waals surface area contributed by atoms with E-state index in [-0.39, 0.29) is 11.9 Å². The molecule has 0 aliphatic carbocycles. The van der Waals surface area contributed by atoms with Crippen LogP contribution in [-0.4, -0.2) is 32.7 Å². The van der Waals surface area contributed by atoms with Crippen molar-refractivity contribution in [1.82, 2.24) is 4.72 Å². The normalized spacial score (nSPS) is 18.8. The van der Waals surface area contributed by atoms with Gasteiger partial charge in [-0.25, -0.2) is 13.1 Å². The second kappa shape index (κ2) is 7.31. The van der Waals surface area contributed by atoms with Crippen molar-refractivity contribution in [2.45, 2.75) is 31.1 Å². The molecule has 1 fully saturated rings. The van der Waals surface area contributed by atoms with E-state index in [4.69, 9.17) is 22.7 Å². The van der Waals surface area contributed by atoms with Gasteiger partial charge < -0.3 is 10.5 Å². The van der Waals surface area contributed by atoms with E-state index >= 15 is 0 Å². The number of nitrogens with two attached hydrogens (primary N) is 1. The van der Waals surface area contributed by atoms with Gasteiger partial charge in [-0.2, -0.15) is 0 Å². The topological polar surface area (TPSA) is 81.4 Å². The van der Waals surface area contributed by atoms with Gasteiger partial charge in [0.2, 0.25) is 10.0 Å². The third-order valence-corrected chi connectivity index (χ3v) is 5.00. The van der Waals surface area contributed by atoms with Gasteiger partial charge in [0.15, 0.2) is 0 Å². The van der Waals surface area contributed by atoms with Gasteiger partial charge in [0.25, 0.3) is 0 Å². The first kappa shape index (κ1) is 16.4. The molecule has 0 spiro atoms. The van der Waals surface area contributed by atoms with Crippen molar-refractivity contribution in [2.75, 3.05) is 13.2 Å². The molecule has 1 saturated heterocycles. The van der Waals surface area contributed by atoms with E-state index in [1.807, 2.05) is 0 Å². The summed E-state index contributed by atoms with van der Waals surface area (Å²) in [5.41, 5.74) is 6.95. The van der Waals surface area contributed by atoms with Crippen LogP contribution in [0.15, 0.2) is 24.3 Å². The zero-order valence-electron chi connectivity index (χ0n) is 11.7. The predicted molar refractivity (Wildman–Crippen MR) is 86.5 cm³/mol. The maximum absolute atomic E-state index is 12.0. The first-order valence-corrected chi connectivity index (χ1v) is 9.00. The molecule has 1 unspecified atom stereocenters. The average Bonchev–Trinajstić information content (AvgIpc) is 2.91. The lowest BCUT2D eigenvalue weighted by Crippen LogP contribution is -2.28. The molecule has 1 aromatic carbocycles. The Hall–Kier alpha value is -1.02. The molecule has 7 heteroatoms. The lowest BCUT2D eigenvalue weighted by Gasteiger charge is -2.11. The molecule has 3 N–H and O–H groups in total. The zero-order chi connectivity index (χ0) is 15.3. The Balaban J connectivity index is 1.83. The standard InChI is InChI=1S/C14H20N2O3S2/c15-14(20)12-5-3-11(4-6-12)10-21(17,18)16-8-7-13-2-1-9-19-13/h3-6,13,16H,1-2,7-10H2,(H2,15,20). The molecule has 1 aromatic rings. The highest BCUT2D eigenvalue weighted by atomic mass is 32.2. The number of thiocarbonyl (C=S) groups is 1. The molecular weight excluding hydrogens is 308 g/mol. The van der Waals surface area contributed by atoms with Crippen molar-refractivity contribution < 1.29 is 13.2 Å². The van der Waals surface area contributed by atoms with Crippen molar-refractivity contribution in [2.24, 2.45) is 5.73 Å². The first-order valence-electron chi connectivity index (χ1n) is 6.94. The molecule has 1 atom stereocenters. The molecule has 1 aliphatic heterocycles. The SMILES string of the molecule is NC(=S)c1ccc(CS(=O)(=O)NCCC2CCCO2)cc1. The van der Waals surface area contributed by atoms with Crippen LogP contribution in [0.3, 0.4) is 0 Å². The van der Waals surface area contributed by atoms with Gasteiger partial charge >= 0.3 is 0 Å². The summed E-state index contributed by atoms with van der Waals surface area (Å²) in [5.74, 6) is -0.0455. The highest BCUT2D eigenvalue weighted by Crippen LogP contribution is 2.15. The van der Waals surface area contributed by atoms with Gasteiger partial charge in [-0.15, -0.1) is 0 Å². The summed E-state index contributed by atoms with van der Waals surface area (Å²) in [6.45, 7) is 1.20. The van der Waals surface area contributed by atoms with Crippen molar-refractivity contribution in [1.29, 1.82) is 0 Å². The summed E-state index contributed by atoms with van der Waals surface area (Å²) < 4.78 is 32.1. The van der Waals surface area contributed by atoms with Gasteiger partial charge in [0.1, 0.15) is 4.99 Å². The molecule has 0 bridgehead atoms. The molecule has 1 heterocycles. The van der Waals surface area contributed by atoms with E-state index < -0.39 is 10.0 Å². The molecule has 116 valence electrons. The summed E-state index contributed by atoms with van der Waals surface area (Å²) in [4.78, 5) is 0.305. The molecule has 0 saturated carbocycles. The van der Waals surface area contributed by atoms with E-state index in [0.717, 1.165) is 31.4 Å². The quantitative estimate of drug-likeness (QED) is 0.738. The third-order valence-electron chi connectivity index (χ3n) is 3.41. The lowest BCUT2D eigenvalue weighted by atomic mass is 10.1. The van der Waals surface area contributed by atoms with Gasteiger partial charge in [-0.1, -0.05) is 36.5 Å². The second-order valence-electron chi connectivity index (χ2n) is 5.14. The maximum atomic E-state index is 12.0. The van der Waals surface area contributed by atoms with Gasteiger partial charge in [-0.05, 0) is 24.8 Å². The van der Waals surface area contributed by atoms with E-state index in [1.54, 1.807) is 24.3 Å². The van der Waals surface area contributed by atoms with Crippen LogP contribution in [0.25, 0.3) is 0 Å². The largest absolute Gasteiger partial charge is 0.389 e. The molecule has 5 nitrogen and oxygen atoms in total. The van der Waals surface area contributed by atoms with Crippen LogP contribution in [0, 0.1) is 0 Å². The van der Waals surface area contributed by atoms with Crippen LogP contribution in [-0.2, 0) is 20.5 Å². The van der Waals surface area contributed by atoms with Crippen molar-refractivity contribution >= 4 is 27.2 Å². The smallest absolute Gasteiger partial charge is 0.215 e. The fraction of sp³-hybridized carbons (Fsp3) is 0.500. The number of benzene rings is 1. The Morgan fingerprint density at radius 3 is 2.67 bits per heavy atom.